The lowest BCUT2D eigenvalue weighted by Gasteiger charge is -2.36. The molecule has 2 atom stereocenters. The number of hydrogen-bond donors (Lipinski definition) is 0. The summed E-state index contributed by atoms with van der Waals surface area (Å²) < 4.78 is 0. The highest BCUT2D eigenvalue weighted by Gasteiger charge is 2.52. The highest BCUT2D eigenvalue weighted by atomic mass is 17.4. The SMILES string of the molecule is CC(C)O[N+](C)(ON(C)OC(C)(C)C)O[N+](C)(ON(C)OC(C)(C)C)OC(C)(C)C. The lowest BCUT2D eigenvalue weighted by Crippen LogP contribution is -2.62. The maximum absolute atomic E-state index is 6.03. The second-order valence-electron chi connectivity index (χ2n) is 10.4. The van der Waals surface area contributed by atoms with Crippen molar-refractivity contribution in [2.24, 2.45) is 0 Å². The minimum atomic E-state index is -0.845. The van der Waals surface area contributed by atoms with E-state index in [0.717, 1.165) is 0 Å². The smallest absolute Gasteiger partial charge is 0.177 e. The fourth-order valence-corrected chi connectivity index (χ4v) is 2.47. The van der Waals surface area contributed by atoms with Crippen LogP contribution >= 0.6 is 0 Å². The van der Waals surface area contributed by atoms with Crippen LogP contribution in [0.1, 0.15) is 76.2 Å². The summed E-state index contributed by atoms with van der Waals surface area (Å²) in [4.78, 5) is 39.2. The summed E-state index contributed by atoms with van der Waals surface area (Å²) >= 11 is 0. The molecule has 0 aliphatic rings. The minimum absolute atomic E-state index is 0.260. The Morgan fingerprint density at radius 1 is 0.633 bits per heavy atom. The van der Waals surface area contributed by atoms with Crippen molar-refractivity contribution in [2.75, 3.05) is 28.2 Å². The van der Waals surface area contributed by atoms with Gasteiger partial charge >= 0.3 is 0 Å². The highest BCUT2D eigenvalue weighted by molar-refractivity contribution is 4.56. The minimum Gasteiger partial charge on any atom is -0.264 e. The van der Waals surface area contributed by atoms with Crippen LogP contribution in [0.3, 0.4) is 0 Å². The van der Waals surface area contributed by atoms with E-state index in [0.29, 0.717) is 0 Å². The fourth-order valence-electron chi connectivity index (χ4n) is 2.47. The van der Waals surface area contributed by atoms with Gasteiger partial charge < -0.3 is 0 Å². The molecule has 0 N–H and O–H groups in total. The Kier molecular flexibility index (Phi) is 10.3. The summed E-state index contributed by atoms with van der Waals surface area (Å²) in [6.45, 7) is 20.7. The second-order valence-corrected chi connectivity index (χ2v) is 10.4. The molecule has 2 unspecified atom stereocenters. The monoisotopic (exact) mass is 442 g/mol. The molecular weight excluding hydrogens is 396 g/mol. The van der Waals surface area contributed by atoms with Crippen LogP contribution in [0.25, 0.3) is 0 Å². The molecule has 0 aromatic rings. The molecule has 0 aromatic heterocycles. The molecule has 182 valence electrons. The molecule has 0 aromatic carbocycles. The van der Waals surface area contributed by atoms with Gasteiger partial charge in [-0.05, 0) is 96.5 Å². The fraction of sp³-hybridized carbons (Fsp3) is 1.00. The first-order chi connectivity index (χ1) is 13.0. The van der Waals surface area contributed by atoms with Crippen LogP contribution in [0, 0.1) is 0 Å². The zero-order chi connectivity index (χ0) is 24.2. The molecule has 0 aliphatic carbocycles. The van der Waals surface area contributed by atoms with Gasteiger partial charge in [-0.25, -0.2) is 0 Å². The van der Waals surface area contributed by atoms with Crippen LogP contribution in [0.4, 0.5) is 0 Å². The van der Waals surface area contributed by atoms with Gasteiger partial charge in [0.05, 0.1) is 11.2 Å². The van der Waals surface area contributed by atoms with Crippen LogP contribution in [0.5, 0.6) is 0 Å². The van der Waals surface area contributed by atoms with Gasteiger partial charge in [-0.15, -0.1) is 9.68 Å². The summed E-state index contributed by atoms with van der Waals surface area (Å²) in [5.41, 5.74) is -1.63. The summed E-state index contributed by atoms with van der Waals surface area (Å²) in [7, 11) is 6.28. The van der Waals surface area contributed by atoms with Crippen molar-refractivity contribution in [3.63, 3.8) is 0 Å². The molecule has 0 saturated carbocycles. The highest BCUT2D eigenvalue weighted by Crippen LogP contribution is 2.26. The summed E-state index contributed by atoms with van der Waals surface area (Å²) in [6.07, 6.45) is -0.260. The Balaban J connectivity index is 5.73. The van der Waals surface area contributed by atoms with Gasteiger partial charge in [0.25, 0.3) is 0 Å². The average molecular weight is 443 g/mol. The molecule has 0 saturated heterocycles. The van der Waals surface area contributed by atoms with Crippen molar-refractivity contribution in [3.05, 3.63) is 0 Å². The van der Waals surface area contributed by atoms with E-state index >= 15 is 0 Å². The van der Waals surface area contributed by atoms with Gasteiger partial charge in [0, 0.05) is 14.1 Å². The predicted octanol–water partition coefficient (Wildman–Crippen LogP) is 3.81. The number of nitrogens with zero attached hydrogens (tertiary/aromatic N) is 4. The quantitative estimate of drug-likeness (QED) is 0.351. The van der Waals surface area contributed by atoms with E-state index in [1.165, 1.54) is 10.5 Å². The van der Waals surface area contributed by atoms with Gasteiger partial charge in [-0.1, -0.05) is 0 Å². The zero-order valence-electron chi connectivity index (χ0n) is 21.7. The Hall–Kier alpha value is -0.440. The number of rotatable bonds is 11. The van der Waals surface area contributed by atoms with E-state index in [2.05, 4.69) is 0 Å². The molecule has 0 heterocycles. The molecule has 0 rings (SSSR count). The Morgan fingerprint density at radius 3 is 1.30 bits per heavy atom. The standard InChI is InChI=1S/C19H46N4O7/c1-16(2)24-22(14,28-20(12)25-17(3,4)5)30-23(15,27-19(9,10)11)29-21(13)26-18(6,7)8/h16H,1-15H3/q+2. The lowest BCUT2D eigenvalue weighted by molar-refractivity contribution is -1.57. The predicted molar refractivity (Wildman–Crippen MR) is 110 cm³/mol. The van der Waals surface area contributed by atoms with Crippen molar-refractivity contribution < 1.29 is 44.1 Å². The normalized spacial score (nSPS) is 18.2. The molecule has 0 aliphatic heterocycles. The van der Waals surface area contributed by atoms with E-state index in [9.17, 15) is 0 Å². The molecule has 0 bridgehead atoms. The van der Waals surface area contributed by atoms with E-state index < -0.39 is 26.7 Å². The van der Waals surface area contributed by atoms with Crippen molar-refractivity contribution in [3.8, 4) is 0 Å². The van der Waals surface area contributed by atoms with Crippen molar-refractivity contribution in [1.29, 1.82) is 0 Å². The summed E-state index contributed by atoms with van der Waals surface area (Å²) in [5, 5.41) is 2.33. The van der Waals surface area contributed by atoms with Gasteiger partial charge in [0.2, 0.25) is 0 Å². The number of hydroxylamine groups is 10. The van der Waals surface area contributed by atoms with E-state index in [-0.39, 0.29) is 6.10 Å². The van der Waals surface area contributed by atoms with Gasteiger partial charge in [-0.3, -0.25) is 9.68 Å². The van der Waals surface area contributed by atoms with Crippen molar-refractivity contribution in [2.45, 2.75) is 99.1 Å². The molecular formula is C19H46N4O7+2. The van der Waals surface area contributed by atoms with Crippen molar-refractivity contribution >= 4 is 0 Å². The van der Waals surface area contributed by atoms with Gasteiger partial charge in [-0.2, -0.15) is 0 Å². The lowest BCUT2D eigenvalue weighted by atomic mass is 10.2. The second kappa shape index (κ2) is 10.5. The first-order valence-electron chi connectivity index (χ1n) is 10.1. The Morgan fingerprint density at radius 2 is 1.00 bits per heavy atom. The third-order valence-corrected chi connectivity index (χ3v) is 2.47. The molecule has 0 spiro atoms. The van der Waals surface area contributed by atoms with E-state index in [1.54, 1.807) is 28.2 Å². The molecule has 11 heteroatoms. The van der Waals surface area contributed by atoms with E-state index in [4.69, 9.17) is 34.2 Å². The third kappa shape index (κ3) is 14.5. The summed E-state index contributed by atoms with van der Waals surface area (Å²) in [5.74, 6) is 0. The molecule has 0 amide bonds. The maximum atomic E-state index is 6.03. The molecule has 11 nitrogen and oxygen atoms in total. The summed E-state index contributed by atoms with van der Waals surface area (Å²) in [6, 6.07) is 0. The Bertz CT molecular complexity index is 516. The van der Waals surface area contributed by atoms with Gasteiger partial charge in [0.1, 0.15) is 16.6 Å². The first kappa shape index (κ1) is 29.6. The molecule has 0 radical (unpaired) electrons. The van der Waals surface area contributed by atoms with Gasteiger partial charge in [0.15, 0.2) is 24.0 Å². The number of quaternary nitrogens is 2. The van der Waals surface area contributed by atoms with Crippen LogP contribution < -0.4 is 0 Å². The van der Waals surface area contributed by atoms with Crippen LogP contribution in [-0.4, -0.2) is 71.5 Å². The van der Waals surface area contributed by atoms with Crippen LogP contribution in [0.15, 0.2) is 0 Å². The van der Waals surface area contributed by atoms with Crippen molar-refractivity contribution in [1.82, 2.24) is 10.5 Å². The third-order valence-electron chi connectivity index (χ3n) is 2.47. The van der Waals surface area contributed by atoms with Crippen LogP contribution in [-0.2, 0) is 34.2 Å². The first-order valence-corrected chi connectivity index (χ1v) is 10.1. The van der Waals surface area contributed by atoms with Crippen LogP contribution in [0.2, 0.25) is 0 Å². The molecule has 30 heavy (non-hydrogen) atoms. The average Bonchev–Trinajstić information content (AvgIpc) is 2.26. The Labute approximate surface area is 182 Å². The maximum Gasteiger partial charge on any atom is 0.177 e. The number of hydrogen-bond acceptors (Lipinski definition) is 9. The largest absolute Gasteiger partial charge is 0.264 e. The topological polar surface area (TPSA) is 71.1 Å². The van der Waals surface area contributed by atoms with E-state index in [1.807, 2.05) is 76.2 Å². The zero-order valence-corrected chi connectivity index (χ0v) is 21.7. The molecule has 0 fully saturated rings.